The van der Waals surface area contributed by atoms with Gasteiger partial charge in [-0.15, -0.1) is 12.3 Å². The predicted molar refractivity (Wildman–Crippen MR) is 70.4 cm³/mol. The molecule has 1 rings (SSSR count). The van der Waals surface area contributed by atoms with Crippen LogP contribution < -0.4 is 5.32 Å². The van der Waals surface area contributed by atoms with E-state index >= 15 is 0 Å². The molecule has 1 nitrogen and oxygen atoms in total. The molecule has 0 amide bonds. The number of nitrogens with one attached hydrogen (secondary N) is 1. The number of terminal acetylenes is 1. The van der Waals surface area contributed by atoms with Gasteiger partial charge in [0.05, 0.1) is 0 Å². The summed E-state index contributed by atoms with van der Waals surface area (Å²) in [5, 5.41) is 3.36. The molecule has 0 fully saturated rings. The van der Waals surface area contributed by atoms with Crippen molar-refractivity contribution in [3.63, 3.8) is 0 Å². The zero-order valence-electron chi connectivity index (χ0n) is 10.3. The first kappa shape index (κ1) is 12.8. The third kappa shape index (κ3) is 4.51. The van der Waals surface area contributed by atoms with Gasteiger partial charge in [0.2, 0.25) is 0 Å². The third-order valence-electron chi connectivity index (χ3n) is 2.85. The molecule has 0 bridgehead atoms. The lowest BCUT2D eigenvalue weighted by Crippen LogP contribution is -2.27. The topological polar surface area (TPSA) is 12.0 Å². The van der Waals surface area contributed by atoms with Crippen molar-refractivity contribution in [3.05, 3.63) is 35.4 Å². The second-order valence-corrected chi connectivity index (χ2v) is 4.28. The Hall–Kier alpha value is -1.26. The van der Waals surface area contributed by atoms with E-state index in [1.54, 1.807) is 0 Å². The summed E-state index contributed by atoms with van der Waals surface area (Å²) in [5.41, 5.74) is 2.73. The fourth-order valence-corrected chi connectivity index (χ4v) is 1.92. The molecule has 0 saturated carbocycles. The van der Waals surface area contributed by atoms with Crippen molar-refractivity contribution in [2.45, 2.75) is 38.6 Å². The standard InChI is InChI=1S/C15H21N/c1-4-5-6-10-15(16-3)12-14-9-7-8-13(2)11-14/h1,7-9,11,15-16H,5-6,10,12H2,2-3H3. The van der Waals surface area contributed by atoms with Crippen LogP contribution in [0.25, 0.3) is 0 Å². The van der Waals surface area contributed by atoms with Crippen LogP contribution in [-0.4, -0.2) is 13.1 Å². The monoisotopic (exact) mass is 215 g/mol. The van der Waals surface area contributed by atoms with Gasteiger partial charge in [-0.2, -0.15) is 0 Å². The van der Waals surface area contributed by atoms with E-state index < -0.39 is 0 Å². The second kappa shape index (κ2) is 7.09. The van der Waals surface area contributed by atoms with Crippen molar-refractivity contribution in [1.29, 1.82) is 0 Å². The Labute approximate surface area is 99.3 Å². The molecule has 0 aromatic heterocycles. The van der Waals surface area contributed by atoms with Crippen molar-refractivity contribution in [3.8, 4) is 12.3 Å². The number of hydrogen-bond donors (Lipinski definition) is 1. The lowest BCUT2D eigenvalue weighted by Gasteiger charge is -2.15. The quantitative estimate of drug-likeness (QED) is 0.568. The normalized spacial score (nSPS) is 12.1. The number of benzene rings is 1. The number of aryl methyl sites for hydroxylation is 1. The highest BCUT2D eigenvalue weighted by atomic mass is 14.9. The molecule has 0 saturated heterocycles. The molecular formula is C15H21N. The van der Waals surface area contributed by atoms with Gasteiger partial charge in [-0.3, -0.25) is 0 Å². The van der Waals surface area contributed by atoms with E-state index in [2.05, 4.69) is 42.4 Å². The summed E-state index contributed by atoms with van der Waals surface area (Å²) in [4.78, 5) is 0. The van der Waals surface area contributed by atoms with Gasteiger partial charge < -0.3 is 5.32 Å². The molecule has 16 heavy (non-hydrogen) atoms. The first-order valence-corrected chi connectivity index (χ1v) is 5.92. The molecule has 1 aromatic carbocycles. The molecule has 0 heterocycles. The fraction of sp³-hybridized carbons (Fsp3) is 0.467. The second-order valence-electron chi connectivity index (χ2n) is 4.28. The summed E-state index contributed by atoms with van der Waals surface area (Å²) in [5.74, 6) is 2.69. The Kier molecular flexibility index (Phi) is 5.67. The van der Waals surface area contributed by atoms with Crippen LogP contribution in [0.5, 0.6) is 0 Å². The maximum absolute atomic E-state index is 5.26. The molecule has 1 N–H and O–H groups in total. The van der Waals surface area contributed by atoms with Crippen LogP contribution in [0.15, 0.2) is 24.3 Å². The molecule has 0 radical (unpaired) electrons. The lowest BCUT2D eigenvalue weighted by molar-refractivity contribution is 0.506. The van der Waals surface area contributed by atoms with Crippen molar-refractivity contribution >= 4 is 0 Å². The number of hydrogen-bond acceptors (Lipinski definition) is 1. The van der Waals surface area contributed by atoms with Crippen LogP contribution >= 0.6 is 0 Å². The van der Waals surface area contributed by atoms with E-state index in [4.69, 9.17) is 6.42 Å². The van der Waals surface area contributed by atoms with Crippen molar-refractivity contribution in [2.24, 2.45) is 0 Å². The van der Waals surface area contributed by atoms with E-state index in [9.17, 15) is 0 Å². The minimum absolute atomic E-state index is 0.537. The minimum Gasteiger partial charge on any atom is -0.317 e. The Morgan fingerprint density at radius 3 is 2.88 bits per heavy atom. The highest BCUT2D eigenvalue weighted by molar-refractivity contribution is 5.22. The first-order valence-electron chi connectivity index (χ1n) is 5.92. The van der Waals surface area contributed by atoms with Crippen molar-refractivity contribution in [1.82, 2.24) is 5.32 Å². The van der Waals surface area contributed by atoms with E-state index in [-0.39, 0.29) is 0 Å². The number of rotatable bonds is 6. The maximum Gasteiger partial charge on any atom is 0.0105 e. The van der Waals surface area contributed by atoms with E-state index in [0.29, 0.717) is 6.04 Å². The summed E-state index contributed by atoms with van der Waals surface area (Å²) in [7, 11) is 2.02. The van der Waals surface area contributed by atoms with Gasteiger partial charge in [-0.05, 0) is 38.8 Å². The Morgan fingerprint density at radius 1 is 1.44 bits per heavy atom. The third-order valence-corrected chi connectivity index (χ3v) is 2.85. The fourth-order valence-electron chi connectivity index (χ4n) is 1.92. The summed E-state index contributed by atoms with van der Waals surface area (Å²) < 4.78 is 0. The molecule has 0 aliphatic carbocycles. The van der Waals surface area contributed by atoms with Crippen LogP contribution in [0.1, 0.15) is 30.4 Å². The van der Waals surface area contributed by atoms with Crippen LogP contribution in [0.4, 0.5) is 0 Å². The largest absolute Gasteiger partial charge is 0.317 e. The molecule has 1 heteroatoms. The molecule has 1 unspecified atom stereocenters. The van der Waals surface area contributed by atoms with Crippen LogP contribution in [0, 0.1) is 19.3 Å². The Bertz CT molecular complexity index is 349. The Balaban J connectivity index is 2.47. The SMILES string of the molecule is C#CCCCC(Cc1cccc(C)c1)NC. The van der Waals surface area contributed by atoms with Gasteiger partial charge in [0.15, 0.2) is 0 Å². The number of likely N-dealkylation sites (N-methyl/N-ethyl adjacent to an activating group) is 1. The van der Waals surface area contributed by atoms with Gasteiger partial charge in [-0.1, -0.05) is 29.8 Å². The van der Waals surface area contributed by atoms with Gasteiger partial charge in [0, 0.05) is 12.5 Å². The highest BCUT2D eigenvalue weighted by Crippen LogP contribution is 2.10. The molecule has 0 aliphatic rings. The summed E-state index contributed by atoms with van der Waals surface area (Å²) in [6.07, 6.45) is 9.48. The van der Waals surface area contributed by atoms with Gasteiger partial charge in [0.1, 0.15) is 0 Å². The van der Waals surface area contributed by atoms with Gasteiger partial charge >= 0.3 is 0 Å². The van der Waals surface area contributed by atoms with Crippen LogP contribution in [0.2, 0.25) is 0 Å². The van der Waals surface area contributed by atoms with Gasteiger partial charge in [-0.25, -0.2) is 0 Å². The van der Waals surface area contributed by atoms with Gasteiger partial charge in [0.25, 0.3) is 0 Å². The maximum atomic E-state index is 5.26. The van der Waals surface area contributed by atoms with Crippen LogP contribution in [0.3, 0.4) is 0 Å². The average molecular weight is 215 g/mol. The molecule has 86 valence electrons. The van der Waals surface area contributed by atoms with Crippen molar-refractivity contribution in [2.75, 3.05) is 7.05 Å². The summed E-state index contributed by atoms with van der Waals surface area (Å²) >= 11 is 0. The smallest absolute Gasteiger partial charge is 0.0105 e. The lowest BCUT2D eigenvalue weighted by atomic mass is 10.00. The first-order chi connectivity index (χ1) is 7.76. The van der Waals surface area contributed by atoms with E-state index in [1.165, 1.54) is 11.1 Å². The van der Waals surface area contributed by atoms with Crippen LogP contribution in [-0.2, 0) is 6.42 Å². The molecule has 0 aliphatic heterocycles. The summed E-state index contributed by atoms with van der Waals surface area (Å²) in [6, 6.07) is 9.24. The predicted octanol–water partition coefficient (Wildman–Crippen LogP) is 2.93. The molecule has 0 spiro atoms. The Morgan fingerprint density at radius 2 is 2.25 bits per heavy atom. The van der Waals surface area contributed by atoms with Crippen molar-refractivity contribution < 1.29 is 0 Å². The summed E-state index contributed by atoms with van der Waals surface area (Å²) in [6.45, 7) is 2.14. The zero-order valence-corrected chi connectivity index (χ0v) is 10.3. The molecule has 1 aromatic rings. The average Bonchev–Trinajstić information content (AvgIpc) is 2.28. The minimum atomic E-state index is 0.537. The number of unbranched alkanes of at least 4 members (excludes halogenated alkanes) is 1. The molecular weight excluding hydrogens is 194 g/mol. The van der Waals surface area contributed by atoms with E-state index in [1.807, 2.05) is 7.05 Å². The zero-order chi connectivity index (χ0) is 11.8. The molecule has 1 atom stereocenters. The highest BCUT2D eigenvalue weighted by Gasteiger charge is 2.06. The van der Waals surface area contributed by atoms with E-state index in [0.717, 1.165) is 25.7 Å².